The van der Waals surface area contributed by atoms with Gasteiger partial charge in [0.2, 0.25) is 0 Å². The second kappa shape index (κ2) is 5.08. The Morgan fingerprint density at radius 2 is 1.56 bits per heavy atom. The van der Waals surface area contributed by atoms with E-state index in [-0.39, 0.29) is 0 Å². The summed E-state index contributed by atoms with van der Waals surface area (Å²) < 4.78 is 0. The normalized spacial score (nSPS) is 12.3. The Labute approximate surface area is 101 Å². The third-order valence-electron chi connectivity index (χ3n) is 2.46. The first kappa shape index (κ1) is 11.1. The van der Waals surface area contributed by atoms with Crippen LogP contribution in [0.25, 0.3) is 0 Å². The smallest absolute Gasteiger partial charge is 0.0316 e. The molecule has 16 heavy (non-hydrogen) atoms. The number of rotatable bonds is 3. The zero-order valence-electron chi connectivity index (χ0n) is 9.26. The van der Waals surface area contributed by atoms with E-state index in [1.54, 1.807) is 0 Å². The van der Waals surface area contributed by atoms with Crippen molar-refractivity contribution in [3.05, 3.63) is 60.2 Å². The summed E-state index contributed by atoms with van der Waals surface area (Å²) in [7, 11) is 0. The maximum Gasteiger partial charge on any atom is 0.0316 e. The van der Waals surface area contributed by atoms with E-state index in [1.165, 1.54) is 10.5 Å². The number of thioether (sulfide) groups is 1. The van der Waals surface area contributed by atoms with Crippen LogP contribution in [0.2, 0.25) is 0 Å². The zero-order chi connectivity index (χ0) is 11.4. The monoisotopic (exact) mass is 229 g/mol. The molecular weight excluding hydrogens is 214 g/mol. The highest BCUT2D eigenvalue weighted by molar-refractivity contribution is 7.99. The average Bonchev–Trinajstić information content (AvgIpc) is 2.33. The van der Waals surface area contributed by atoms with Crippen LogP contribution in [-0.2, 0) is 0 Å². The molecule has 0 fully saturated rings. The quantitative estimate of drug-likeness (QED) is 0.633. The Hall–Kier alpha value is -1.41. The van der Waals surface area contributed by atoms with Gasteiger partial charge in [-0.1, -0.05) is 30.3 Å². The second-order valence-corrected chi connectivity index (χ2v) is 5.15. The van der Waals surface area contributed by atoms with Gasteiger partial charge in [-0.2, -0.15) is 0 Å². The highest BCUT2D eigenvalue weighted by atomic mass is 32.2. The lowest BCUT2D eigenvalue weighted by Crippen LogP contribution is -1.88. The van der Waals surface area contributed by atoms with E-state index in [0.29, 0.717) is 5.25 Å². The molecule has 1 unspecified atom stereocenters. The SMILES string of the molecule is CC(Sc1ccc(N)cc1)c1ccccc1. The topological polar surface area (TPSA) is 26.0 Å². The molecule has 0 aliphatic rings. The summed E-state index contributed by atoms with van der Waals surface area (Å²) in [6, 6.07) is 18.6. The predicted octanol–water partition coefficient (Wildman–Crippen LogP) is 4.12. The molecule has 0 saturated carbocycles. The van der Waals surface area contributed by atoms with Crippen molar-refractivity contribution in [3.8, 4) is 0 Å². The molecule has 0 bridgehead atoms. The number of hydrogen-bond donors (Lipinski definition) is 1. The van der Waals surface area contributed by atoms with Crippen LogP contribution in [-0.4, -0.2) is 0 Å². The lowest BCUT2D eigenvalue weighted by Gasteiger charge is -2.11. The van der Waals surface area contributed by atoms with Crippen LogP contribution in [0.3, 0.4) is 0 Å². The van der Waals surface area contributed by atoms with E-state index < -0.39 is 0 Å². The van der Waals surface area contributed by atoms with Crippen molar-refractivity contribution in [2.45, 2.75) is 17.1 Å². The third-order valence-corrected chi connectivity index (χ3v) is 3.63. The molecule has 1 nitrogen and oxygen atoms in total. The lowest BCUT2D eigenvalue weighted by molar-refractivity contribution is 1.10. The van der Waals surface area contributed by atoms with Crippen molar-refractivity contribution < 1.29 is 0 Å². The number of nitrogen functional groups attached to an aromatic ring is 1. The van der Waals surface area contributed by atoms with E-state index >= 15 is 0 Å². The molecule has 2 aromatic carbocycles. The lowest BCUT2D eigenvalue weighted by atomic mass is 10.2. The largest absolute Gasteiger partial charge is 0.399 e. The summed E-state index contributed by atoms with van der Waals surface area (Å²) in [6.45, 7) is 2.22. The fourth-order valence-electron chi connectivity index (χ4n) is 1.54. The van der Waals surface area contributed by atoms with Crippen molar-refractivity contribution in [2.24, 2.45) is 0 Å². The first-order valence-electron chi connectivity index (χ1n) is 5.33. The van der Waals surface area contributed by atoms with E-state index in [2.05, 4.69) is 43.3 Å². The minimum Gasteiger partial charge on any atom is -0.399 e. The Balaban J connectivity index is 2.08. The van der Waals surface area contributed by atoms with Gasteiger partial charge in [0.05, 0.1) is 0 Å². The molecular formula is C14H15NS. The Kier molecular flexibility index (Phi) is 3.52. The molecule has 2 rings (SSSR count). The average molecular weight is 229 g/mol. The predicted molar refractivity (Wildman–Crippen MR) is 71.6 cm³/mol. The van der Waals surface area contributed by atoms with Crippen molar-refractivity contribution >= 4 is 17.4 Å². The molecule has 0 saturated heterocycles. The molecule has 0 spiro atoms. The second-order valence-electron chi connectivity index (χ2n) is 3.74. The molecule has 0 aliphatic heterocycles. The minimum absolute atomic E-state index is 0.463. The Bertz CT molecular complexity index is 436. The summed E-state index contributed by atoms with van der Waals surface area (Å²) in [4.78, 5) is 1.26. The number of hydrogen-bond acceptors (Lipinski definition) is 2. The maximum atomic E-state index is 5.66. The van der Waals surface area contributed by atoms with Gasteiger partial charge in [-0.15, -0.1) is 11.8 Å². The molecule has 0 heterocycles. The Morgan fingerprint density at radius 3 is 2.19 bits per heavy atom. The van der Waals surface area contributed by atoms with Gasteiger partial charge in [0, 0.05) is 15.8 Å². The summed E-state index contributed by atoms with van der Waals surface area (Å²) >= 11 is 1.85. The number of benzene rings is 2. The van der Waals surface area contributed by atoms with Gasteiger partial charge in [-0.3, -0.25) is 0 Å². The van der Waals surface area contributed by atoms with Gasteiger partial charge in [0.1, 0.15) is 0 Å². The zero-order valence-corrected chi connectivity index (χ0v) is 10.1. The van der Waals surface area contributed by atoms with Crippen LogP contribution < -0.4 is 5.73 Å². The molecule has 2 N–H and O–H groups in total. The maximum absolute atomic E-state index is 5.66. The summed E-state index contributed by atoms with van der Waals surface area (Å²) in [5.74, 6) is 0. The van der Waals surface area contributed by atoms with E-state index in [4.69, 9.17) is 5.73 Å². The van der Waals surface area contributed by atoms with Gasteiger partial charge >= 0.3 is 0 Å². The van der Waals surface area contributed by atoms with Gasteiger partial charge in [0.25, 0.3) is 0 Å². The molecule has 0 aliphatic carbocycles. The molecule has 82 valence electrons. The van der Waals surface area contributed by atoms with Gasteiger partial charge < -0.3 is 5.73 Å². The van der Waals surface area contributed by atoms with Crippen LogP contribution in [0.4, 0.5) is 5.69 Å². The molecule has 2 heteroatoms. The van der Waals surface area contributed by atoms with Crippen LogP contribution in [0, 0.1) is 0 Å². The van der Waals surface area contributed by atoms with Crippen molar-refractivity contribution in [1.29, 1.82) is 0 Å². The third kappa shape index (κ3) is 2.80. The van der Waals surface area contributed by atoms with Crippen LogP contribution in [0.15, 0.2) is 59.5 Å². The number of nitrogens with two attached hydrogens (primary N) is 1. The summed E-state index contributed by atoms with van der Waals surface area (Å²) in [5, 5.41) is 0.463. The molecule has 0 amide bonds. The summed E-state index contributed by atoms with van der Waals surface area (Å²) in [6.07, 6.45) is 0. The highest BCUT2D eigenvalue weighted by Crippen LogP contribution is 2.34. The number of anilines is 1. The molecule has 0 radical (unpaired) electrons. The van der Waals surface area contributed by atoms with E-state index in [9.17, 15) is 0 Å². The van der Waals surface area contributed by atoms with Crippen LogP contribution in [0.1, 0.15) is 17.7 Å². The van der Waals surface area contributed by atoms with E-state index in [1.807, 2.05) is 30.0 Å². The first-order chi connectivity index (χ1) is 7.75. The molecule has 2 aromatic rings. The first-order valence-corrected chi connectivity index (χ1v) is 6.21. The van der Waals surface area contributed by atoms with E-state index in [0.717, 1.165) is 5.69 Å². The van der Waals surface area contributed by atoms with Gasteiger partial charge in [-0.25, -0.2) is 0 Å². The standard InChI is InChI=1S/C14H15NS/c1-11(12-5-3-2-4-6-12)16-14-9-7-13(15)8-10-14/h2-11H,15H2,1H3. The van der Waals surface area contributed by atoms with Crippen molar-refractivity contribution in [2.75, 3.05) is 5.73 Å². The fourth-order valence-corrected chi connectivity index (χ4v) is 2.54. The minimum atomic E-state index is 0.463. The van der Waals surface area contributed by atoms with Gasteiger partial charge in [0.15, 0.2) is 0 Å². The van der Waals surface area contributed by atoms with Crippen LogP contribution in [0.5, 0.6) is 0 Å². The van der Waals surface area contributed by atoms with Crippen molar-refractivity contribution in [3.63, 3.8) is 0 Å². The molecule has 1 atom stereocenters. The summed E-state index contributed by atoms with van der Waals surface area (Å²) in [5.41, 5.74) is 7.83. The fraction of sp³-hybridized carbons (Fsp3) is 0.143. The molecule has 0 aromatic heterocycles. The van der Waals surface area contributed by atoms with Gasteiger partial charge in [-0.05, 0) is 36.8 Å². The highest BCUT2D eigenvalue weighted by Gasteiger charge is 2.06. The van der Waals surface area contributed by atoms with Crippen LogP contribution >= 0.6 is 11.8 Å². The van der Waals surface area contributed by atoms with Crippen molar-refractivity contribution in [1.82, 2.24) is 0 Å². The Morgan fingerprint density at radius 1 is 0.938 bits per heavy atom.